The van der Waals surface area contributed by atoms with Gasteiger partial charge in [-0.05, 0) is 39.0 Å². The van der Waals surface area contributed by atoms with E-state index >= 15 is 0 Å². The van der Waals surface area contributed by atoms with Crippen LogP contribution in [0.15, 0.2) is 23.3 Å². The zero-order valence-electron chi connectivity index (χ0n) is 17.2. The number of epoxide rings is 1. The van der Waals surface area contributed by atoms with Crippen LogP contribution in [0.1, 0.15) is 47.0 Å². The number of carbonyl (C=O) groups is 3. The third kappa shape index (κ3) is 4.23. The number of carbonyl (C=O) groups excluding carboxylic acids is 3. The fourth-order valence-electron chi connectivity index (χ4n) is 4.20. The summed E-state index contributed by atoms with van der Waals surface area (Å²) in [4.78, 5) is 36.3. The quantitative estimate of drug-likeness (QED) is 0.323. The first-order valence-electron chi connectivity index (χ1n) is 9.83. The Balaban J connectivity index is 2.02. The van der Waals surface area contributed by atoms with Crippen LogP contribution in [0, 0.1) is 5.92 Å². The molecule has 6 atom stereocenters. The maximum Gasteiger partial charge on any atom is 0.337 e. The molecule has 1 N–H and O–H groups in total. The van der Waals surface area contributed by atoms with Crippen molar-refractivity contribution in [3.8, 4) is 0 Å². The third-order valence-electron chi connectivity index (χ3n) is 5.92. The molecule has 0 aromatic heterocycles. The minimum Gasteiger partial charge on any atom is -0.462 e. The molecule has 3 aliphatic rings. The second-order valence-electron chi connectivity index (χ2n) is 8.34. The predicted octanol–water partition coefficient (Wildman–Crippen LogP) is 1.60. The molecular weight excluding hydrogens is 380 g/mol. The lowest BCUT2D eigenvalue weighted by Crippen LogP contribution is -2.38. The Hall–Kier alpha value is -2.19. The summed E-state index contributed by atoms with van der Waals surface area (Å²) in [6.45, 7) is 9.77. The number of aliphatic hydroxyl groups is 1. The van der Waals surface area contributed by atoms with Crippen molar-refractivity contribution in [1.29, 1.82) is 0 Å². The SMILES string of the molecule is C=C(C)C(=O)O[C@H]1C[C@H](C)[C@@H](OC(C)=O)CC[C@@]2(C)O[C@@H]2[C@H]2OC(=O)C(CO)=C12. The van der Waals surface area contributed by atoms with E-state index < -0.39 is 48.6 Å². The van der Waals surface area contributed by atoms with Gasteiger partial charge in [-0.15, -0.1) is 0 Å². The van der Waals surface area contributed by atoms with Crippen molar-refractivity contribution in [2.24, 2.45) is 5.92 Å². The molecule has 160 valence electrons. The van der Waals surface area contributed by atoms with Crippen LogP contribution in [-0.2, 0) is 33.3 Å². The highest BCUT2D eigenvalue weighted by atomic mass is 16.6. The van der Waals surface area contributed by atoms with Gasteiger partial charge in [0.25, 0.3) is 0 Å². The summed E-state index contributed by atoms with van der Waals surface area (Å²) in [5.41, 5.74) is 0.173. The lowest BCUT2D eigenvalue weighted by atomic mass is 9.82. The van der Waals surface area contributed by atoms with Gasteiger partial charge in [0.2, 0.25) is 0 Å². The summed E-state index contributed by atoms with van der Waals surface area (Å²) in [5.74, 6) is -1.80. The van der Waals surface area contributed by atoms with Gasteiger partial charge in [-0.3, -0.25) is 4.79 Å². The molecule has 0 spiro atoms. The minimum atomic E-state index is -0.836. The lowest BCUT2D eigenvalue weighted by Gasteiger charge is -2.31. The van der Waals surface area contributed by atoms with Crippen LogP contribution < -0.4 is 0 Å². The molecule has 0 radical (unpaired) electrons. The van der Waals surface area contributed by atoms with E-state index in [-0.39, 0.29) is 23.0 Å². The molecule has 0 unspecified atom stereocenters. The number of ether oxygens (including phenoxy) is 4. The number of esters is 3. The first-order valence-corrected chi connectivity index (χ1v) is 9.83. The van der Waals surface area contributed by atoms with Gasteiger partial charge in [0.1, 0.15) is 18.3 Å². The zero-order chi connectivity index (χ0) is 21.5. The Bertz CT molecular complexity index is 769. The van der Waals surface area contributed by atoms with E-state index in [1.165, 1.54) is 13.8 Å². The molecule has 8 heteroatoms. The summed E-state index contributed by atoms with van der Waals surface area (Å²) in [6.07, 6.45) is -0.886. The predicted molar refractivity (Wildman–Crippen MR) is 101 cm³/mol. The smallest absolute Gasteiger partial charge is 0.337 e. The van der Waals surface area contributed by atoms with Gasteiger partial charge in [0.15, 0.2) is 6.10 Å². The van der Waals surface area contributed by atoms with Crippen molar-refractivity contribution in [2.75, 3.05) is 6.61 Å². The molecule has 0 aromatic rings. The summed E-state index contributed by atoms with van der Waals surface area (Å²) in [6, 6.07) is 0. The Labute approximate surface area is 169 Å². The summed E-state index contributed by atoms with van der Waals surface area (Å²) >= 11 is 0. The molecule has 1 saturated heterocycles. The van der Waals surface area contributed by atoms with E-state index in [1.807, 2.05) is 13.8 Å². The molecule has 0 amide bonds. The Morgan fingerprint density at radius 1 is 1.31 bits per heavy atom. The number of rotatable bonds is 4. The van der Waals surface area contributed by atoms with Gasteiger partial charge < -0.3 is 24.1 Å². The molecule has 8 nitrogen and oxygen atoms in total. The first kappa shape index (κ1) is 21.5. The van der Waals surface area contributed by atoms with Crippen LogP contribution in [0.3, 0.4) is 0 Å². The molecule has 0 bridgehead atoms. The zero-order valence-corrected chi connectivity index (χ0v) is 17.2. The van der Waals surface area contributed by atoms with E-state index in [2.05, 4.69) is 6.58 Å². The highest BCUT2D eigenvalue weighted by molar-refractivity contribution is 5.93. The van der Waals surface area contributed by atoms with Crippen LogP contribution >= 0.6 is 0 Å². The number of fused-ring (bicyclic) bond motifs is 3. The highest BCUT2D eigenvalue weighted by Gasteiger charge is 2.62. The van der Waals surface area contributed by atoms with Gasteiger partial charge >= 0.3 is 17.9 Å². The summed E-state index contributed by atoms with van der Waals surface area (Å²) in [7, 11) is 0. The van der Waals surface area contributed by atoms with E-state index in [0.29, 0.717) is 24.8 Å². The second kappa shape index (κ2) is 7.91. The largest absolute Gasteiger partial charge is 0.462 e. The summed E-state index contributed by atoms with van der Waals surface area (Å²) < 4.78 is 22.6. The minimum absolute atomic E-state index is 0.0872. The summed E-state index contributed by atoms with van der Waals surface area (Å²) in [5, 5.41) is 9.80. The maximum absolute atomic E-state index is 12.4. The fraction of sp³-hybridized carbons (Fsp3) is 0.667. The normalized spacial score (nSPS) is 36.4. The fourth-order valence-corrected chi connectivity index (χ4v) is 4.20. The van der Waals surface area contributed by atoms with E-state index in [1.54, 1.807) is 0 Å². The van der Waals surface area contributed by atoms with Gasteiger partial charge in [-0.2, -0.15) is 0 Å². The Morgan fingerprint density at radius 2 is 2.00 bits per heavy atom. The van der Waals surface area contributed by atoms with Crippen molar-refractivity contribution in [3.05, 3.63) is 23.3 Å². The van der Waals surface area contributed by atoms with Crippen molar-refractivity contribution in [2.45, 2.75) is 77.0 Å². The Kier molecular flexibility index (Phi) is 5.87. The van der Waals surface area contributed by atoms with Gasteiger partial charge in [-0.25, -0.2) is 9.59 Å². The lowest BCUT2D eigenvalue weighted by molar-refractivity contribution is -0.152. The molecule has 3 rings (SSSR count). The number of hydrogen-bond acceptors (Lipinski definition) is 8. The van der Waals surface area contributed by atoms with Crippen LogP contribution in [0.4, 0.5) is 0 Å². The highest BCUT2D eigenvalue weighted by Crippen LogP contribution is 2.50. The van der Waals surface area contributed by atoms with Crippen LogP contribution in [-0.4, -0.2) is 59.6 Å². The monoisotopic (exact) mass is 408 g/mol. The molecule has 2 heterocycles. The first-order chi connectivity index (χ1) is 13.6. The molecule has 1 saturated carbocycles. The average Bonchev–Trinajstić information content (AvgIpc) is 3.19. The van der Waals surface area contributed by atoms with Crippen LogP contribution in [0.25, 0.3) is 0 Å². The topological polar surface area (TPSA) is 112 Å². The Morgan fingerprint density at radius 3 is 2.59 bits per heavy atom. The number of hydrogen-bond donors (Lipinski definition) is 1. The molecule has 2 fully saturated rings. The van der Waals surface area contributed by atoms with Crippen molar-refractivity contribution in [3.63, 3.8) is 0 Å². The number of aliphatic hydroxyl groups excluding tert-OH is 1. The molecule has 2 aliphatic heterocycles. The molecule has 1 aliphatic carbocycles. The van der Waals surface area contributed by atoms with Crippen LogP contribution in [0.5, 0.6) is 0 Å². The van der Waals surface area contributed by atoms with E-state index in [0.717, 1.165) is 0 Å². The van der Waals surface area contributed by atoms with E-state index in [4.69, 9.17) is 18.9 Å². The second-order valence-corrected chi connectivity index (χ2v) is 8.34. The molecular formula is C21H28O8. The third-order valence-corrected chi connectivity index (χ3v) is 5.92. The van der Waals surface area contributed by atoms with Crippen molar-refractivity contribution in [1.82, 2.24) is 0 Å². The maximum atomic E-state index is 12.4. The molecule has 29 heavy (non-hydrogen) atoms. The van der Waals surface area contributed by atoms with Crippen molar-refractivity contribution >= 4 is 17.9 Å². The molecule has 0 aromatic carbocycles. The average molecular weight is 408 g/mol. The van der Waals surface area contributed by atoms with Crippen molar-refractivity contribution < 1.29 is 38.4 Å². The van der Waals surface area contributed by atoms with Gasteiger partial charge in [0, 0.05) is 18.1 Å². The van der Waals surface area contributed by atoms with Gasteiger partial charge in [-0.1, -0.05) is 13.5 Å². The standard InChI is InChI=1S/C21H28O8/c1-10(2)19(24)27-15-8-11(3)14(26-12(4)23)6-7-21(5)18(29-21)17-16(15)13(9-22)20(25)28-17/h11,14-15,17-18,22H,1,6-9H2,2-5H3/t11-,14-,15-,17-,18+,21+/m0/s1. The van der Waals surface area contributed by atoms with E-state index in [9.17, 15) is 19.5 Å². The van der Waals surface area contributed by atoms with Gasteiger partial charge in [0.05, 0.1) is 17.8 Å². The van der Waals surface area contributed by atoms with Crippen LogP contribution in [0.2, 0.25) is 0 Å².